The van der Waals surface area contributed by atoms with Crippen LogP contribution in [0.2, 0.25) is 0 Å². The summed E-state index contributed by atoms with van der Waals surface area (Å²) in [5.41, 5.74) is -0.548. The molecule has 0 atom stereocenters. The first kappa shape index (κ1) is 12.3. The van der Waals surface area contributed by atoms with Crippen LogP contribution in [0.1, 0.15) is 0 Å². The summed E-state index contributed by atoms with van der Waals surface area (Å²) in [6.45, 7) is 0. The Bertz CT molecular complexity index is 451. The van der Waals surface area contributed by atoms with Crippen molar-refractivity contribution in [1.82, 2.24) is 10.2 Å². The molecule has 0 aliphatic carbocycles. The zero-order valence-electron chi connectivity index (χ0n) is 8.52. The molecular formula is C9H8N4O4. The van der Waals surface area contributed by atoms with Gasteiger partial charge in [0.1, 0.15) is 0 Å². The quantitative estimate of drug-likeness (QED) is 0.631. The highest BCUT2D eigenvalue weighted by Gasteiger charge is 2.11. The van der Waals surface area contributed by atoms with Crippen molar-refractivity contribution in [3.63, 3.8) is 0 Å². The van der Waals surface area contributed by atoms with Crippen molar-refractivity contribution >= 4 is 11.4 Å². The molecule has 0 spiro atoms. The van der Waals surface area contributed by atoms with E-state index in [-0.39, 0.29) is 11.4 Å². The van der Waals surface area contributed by atoms with E-state index >= 15 is 0 Å². The number of hydrogen-bond acceptors (Lipinski definition) is 5. The van der Waals surface area contributed by atoms with Gasteiger partial charge < -0.3 is 0 Å². The summed E-state index contributed by atoms with van der Waals surface area (Å²) in [6.07, 6.45) is 3.46. The van der Waals surface area contributed by atoms with E-state index in [2.05, 4.69) is 10.2 Å². The van der Waals surface area contributed by atoms with Crippen molar-refractivity contribution in [1.29, 1.82) is 0 Å². The molecule has 1 N–H and O–H groups in total. The zero-order chi connectivity index (χ0) is 12.7. The van der Waals surface area contributed by atoms with Crippen molar-refractivity contribution < 1.29 is 9.85 Å². The number of rotatable bonds is 2. The Labute approximate surface area is 95.2 Å². The molecule has 8 heteroatoms. The van der Waals surface area contributed by atoms with Crippen molar-refractivity contribution in [2.75, 3.05) is 0 Å². The van der Waals surface area contributed by atoms with Gasteiger partial charge in [0.15, 0.2) is 0 Å². The number of nitrogens with zero attached hydrogens (tertiary/aromatic N) is 3. The third kappa shape index (κ3) is 4.08. The van der Waals surface area contributed by atoms with Gasteiger partial charge in [-0.3, -0.25) is 25.3 Å². The van der Waals surface area contributed by atoms with Gasteiger partial charge in [0.25, 0.3) is 11.4 Å². The standard InChI is InChI=1S/C6H4N2O4.C3H4N2/c9-7(10)5-2-1-3-6(4-5)8(11)12;1-2-4-5-3-1/h1-4H;1-3H,(H,4,5). The number of aromatic nitrogens is 2. The van der Waals surface area contributed by atoms with E-state index in [1.807, 2.05) is 6.07 Å². The first-order valence-electron chi connectivity index (χ1n) is 4.44. The van der Waals surface area contributed by atoms with Crippen molar-refractivity contribution in [3.05, 3.63) is 63.0 Å². The fourth-order valence-electron chi connectivity index (χ4n) is 0.935. The van der Waals surface area contributed by atoms with Crippen LogP contribution in [0.15, 0.2) is 42.7 Å². The molecule has 1 heterocycles. The van der Waals surface area contributed by atoms with Crippen LogP contribution in [0.4, 0.5) is 11.4 Å². The highest BCUT2D eigenvalue weighted by atomic mass is 16.6. The lowest BCUT2D eigenvalue weighted by molar-refractivity contribution is -0.394. The van der Waals surface area contributed by atoms with Gasteiger partial charge in [0.05, 0.1) is 15.9 Å². The van der Waals surface area contributed by atoms with Crippen LogP contribution in [0.25, 0.3) is 0 Å². The maximum atomic E-state index is 10.2. The minimum atomic E-state index is -0.674. The zero-order valence-corrected chi connectivity index (χ0v) is 8.52. The molecule has 0 aliphatic rings. The normalized spacial score (nSPS) is 8.94. The molecule has 17 heavy (non-hydrogen) atoms. The molecule has 0 unspecified atom stereocenters. The number of benzene rings is 1. The Morgan fingerprint density at radius 1 is 1.06 bits per heavy atom. The van der Waals surface area contributed by atoms with Crippen LogP contribution in [0.5, 0.6) is 0 Å². The Balaban J connectivity index is 0.000000239. The van der Waals surface area contributed by atoms with Gasteiger partial charge in [0.2, 0.25) is 0 Å². The Hall–Kier alpha value is -2.77. The van der Waals surface area contributed by atoms with Crippen molar-refractivity contribution in [2.24, 2.45) is 0 Å². The fourth-order valence-corrected chi connectivity index (χ4v) is 0.935. The molecule has 88 valence electrons. The van der Waals surface area contributed by atoms with E-state index < -0.39 is 9.85 Å². The minimum absolute atomic E-state index is 0.274. The van der Waals surface area contributed by atoms with Crippen LogP contribution in [-0.2, 0) is 0 Å². The molecule has 0 fully saturated rings. The maximum Gasteiger partial charge on any atom is 0.276 e. The molecule has 0 amide bonds. The van der Waals surface area contributed by atoms with Gasteiger partial charge in [0, 0.05) is 24.5 Å². The second kappa shape index (κ2) is 5.95. The van der Waals surface area contributed by atoms with Gasteiger partial charge in [-0.05, 0) is 12.1 Å². The predicted molar refractivity (Wildman–Crippen MR) is 58.3 cm³/mol. The third-order valence-electron chi connectivity index (χ3n) is 1.66. The molecule has 0 saturated heterocycles. The van der Waals surface area contributed by atoms with E-state index in [4.69, 9.17) is 0 Å². The van der Waals surface area contributed by atoms with E-state index in [0.717, 1.165) is 6.07 Å². The number of non-ortho nitro benzene ring substituents is 2. The molecular weight excluding hydrogens is 228 g/mol. The number of nitro groups is 2. The van der Waals surface area contributed by atoms with Crippen LogP contribution < -0.4 is 0 Å². The number of nitrogens with one attached hydrogen (secondary N) is 1. The Kier molecular flexibility index (Phi) is 4.31. The summed E-state index contributed by atoms with van der Waals surface area (Å²) in [5, 5.41) is 26.5. The van der Waals surface area contributed by atoms with Gasteiger partial charge in [-0.15, -0.1) is 0 Å². The van der Waals surface area contributed by atoms with Gasteiger partial charge in [-0.1, -0.05) is 0 Å². The van der Waals surface area contributed by atoms with Crippen molar-refractivity contribution in [3.8, 4) is 0 Å². The van der Waals surface area contributed by atoms with Gasteiger partial charge in [-0.2, -0.15) is 5.10 Å². The number of H-pyrrole nitrogens is 1. The lowest BCUT2D eigenvalue weighted by Crippen LogP contribution is -1.91. The van der Waals surface area contributed by atoms with E-state index in [9.17, 15) is 20.2 Å². The van der Waals surface area contributed by atoms with Crippen LogP contribution in [0, 0.1) is 20.2 Å². The summed E-state index contributed by atoms with van der Waals surface area (Å²) in [4.78, 5) is 19.0. The van der Waals surface area contributed by atoms with E-state index in [1.165, 1.54) is 18.2 Å². The third-order valence-corrected chi connectivity index (χ3v) is 1.66. The average Bonchev–Trinajstić information content (AvgIpc) is 2.87. The summed E-state index contributed by atoms with van der Waals surface area (Å²) >= 11 is 0. The topological polar surface area (TPSA) is 115 Å². The molecule has 1 aromatic carbocycles. The summed E-state index contributed by atoms with van der Waals surface area (Å²) < 4.78 is 0. The summed E-state index contributed by atoms with van der Waals surface area (Å²) in [5.74, 6) is 0. The molecule has 2 aromatic rings. The Morgan fingerprint density at radius 2 is 1.65 bits per heavy atom. The van der Waals surface area contributed by atoms with Crippen LogP contribution >= 0.6 is 0 Å². The van der Waals surface area contributed by atoms with Crippen molar-refractivity contribution in [2.45, 2.75) is 0 Å². The first-order valence-corrected chi connectivity index (χ1v) is 4.44. The second-order valence-electron chi connectivity index (χ2n) is 2.80. The van der Waals surface area contributed by atoms with E-state index in [1.54, 1.807) is 12.4 Å². The minimum Gasteiger partial charge on any atom is -0.286 e. The Morgan fingerprint density at radius 3 is 1.94 bits per heavy atom. The predicted octanol–water partition coefficient (Wildman–Crippen LogP) is 1.91. The second-order valence-corrected chi connectivity index (χ2v) is 2.80. The van der Waals surface area contributed by atoms with Crippen LogP contribution in [0.3, 0.4) is 0 Å². The molecule has 0 saturated carbocycles. The molecule has 1 aromatic heterocycles. The molecule has 0 aliphatic heterocycles. The highest BCUT2D eigenvalue weighted by Crippen LogP contribution is 2.18. The largest absolute Gasteiger partial charge is 0.286 e. The average molecular weight is 236 g/mol. The van der Waals surface area contributed by atoms with Crippen LogP contribution in [-0.4, -0.2) is 20.0 Å². The lowest BCUT2D eigenvalue weighted by atomic mass is 10.3. The van der Waals surface area contributed by atoms with E-state index in [0.29, 0.717) is 0 Å². The van der Waals surface area contributed by atoms with Gasteiger partial charge >= 0.3 is 0 Å². The number of nitro benzene ring substituents is 2. The first-order chi connectivity index (χ1) is 8.11. The highest BCUT2D eigenvalue weighted by molar-refractivity contribution is 5.42. The lowest BCUT2D eigenvalue weighted by Gasteiger charge is -1.90. The summed E-state index contributed by atoms with van der Waals surface area (Å²) in [6, 6.07) is 6.43. The molecule has 8 nitrogen and oxygen atoms in total. The number of hydrogen-bond donors (Lipinski definition) is 1. The number of aromatic amines is 1. The monoisotopic (exact) mass is 236 g/mol. The van der Waals surface area contributed by atoms with Gasteiger partial charge in [-0.25, -0.2) is 0 Å². The fraction of sp³-hybridized carbons (Fsp3) is 0. The molecule has 0 bridgehead atoms. The SMILES string of the molecule is O=[N+]([O-])c1cccc([N+](=O)[O-])c1.c1cn[nH]c1. The summed E-state index contributed by atoms with van der Waals surface area (Å²) in [7, 11) is 0. The maximum absolute atomic E-state index is 10.2. The molecule has 2 rings (SSSR count). The smallest absolute Gasteiger partial charge is 0.276 e. The molecule has 0 radical (unpaired) electrons.